The van der Waals surface area contributed by atoms with Gasteiger partial charge in [-0.15, -0.1) is 0 Å². The molecular weight excluding hydrogens is 318 g/mol. The Morgan fingerprint density at radius 2 is 2.22 bits per heavy atom. The normalized spacial score (nSPS) is 18.1. The van der Waals surface area contributed by atoms with Crippen LogP contribution in [0.4, 0.5) is 16.6 Å². The second kappa shape index (κ2) is 6.78. The molecule has 7 nitrogen and oxygen atoms in total. The van der Waals surface area contributed by atoms with E-state index in [0.717, 1.165) is 25.3 Å². The van der Waals surface area contributed by atoms with Crippen molar-refractivity contribution >= 4 is 29.5 Å². The van der Waals surface area contributed by atoms with Crippen LogP contribution < -0.4 is 10.6 Å². The zero-order valence-corrected chi connectivity index (χ0v) is 14.8. The average molecular weight is 342 g/mol. The molecule has 1 amide bonds. The van der Waals surface area contributed by atoms with Crippen LogP contribution in [0.25, 0.3) is 0 Å². The number of ether oxygens (including phenoxy) is 1. The van der Waals surface area contributed by atoms with Gasteiger partial charge in [0.15, 0.2) is 0 Å². The van der Waals surface area contributed by atoms with Gasteiger partial charge in [-0.05, 0) is 33.1 Å². The molecule has 1 fully saturated rings. The monoisotopic (exact) mass is 341 g/mol. The largest absolute Gasteiger partial charge is 0.444 e. The Kier molecular flexibility index (Phi) is 5.19. The summed E-state index contributed by atoms with van der Waals surface area (Å²) < 4.78 is 5.37. The third-order valence-electron chi connectivity index (χ3n) is 3.55. The van der Waals surface area contributed by atoms with E-state index >= 15 is 0 Å². The molecule has 0 radical (unpaired) electrons. The van der Waals surface area contributed by atoms with Crippen molar-refractivity contribution in [3.8, 4) is 0 Å². The molecule has 128 valence electrons. The minimum atomic E-state index is -0.484. The molecule has 0 aromatic carbocycles. The van der Waals surface area contributed by atoms with Gasteiger partial charge in [0.2, 0.25) is 5.95 Å². The Morgan fingerprint density at radius 1 is 1.52 bits per heavy atom. The van der Waals surface area contributed by atoms with Gasteiger partial charge >= 0.3 is 6.09 Å². The summed E-state index contributed by atoms with van der Waals surface area (Å²) in [6, 6.07) is 1.71. The second-order valence-electron chi connectivity index (χ2n) is 6.87. The molecule has 1 aromatic heterocycles. The number of carbonyl (C=O) groups is 1. The first-order valence-electron chi connectivity index (χ1n) is 7.63. The van der Waals surface area contributed by atoms with Crippen LogP contribution in [-0.4, -0.2) is 53.2 Å². The van der Waals surface area contributed by atoms with E-state index in [1.807, 2.05) is 20.8 Å². The molecule has 1 atom stereocenters. The second-order valence-corrected chi connectivity index (χ2v) is 7.26. The number of hydrogen-bond donors (Lipinski definition) is 1. The number of aromatic nitrogens is 2. The highest BCUT2D eigenvalue weighted by atomic mass is 35.5. The van der Waals surface area contributed by atoms with Crippen molar-refractivity contribution in [2.45, 2.75) is 32.8 Å². The minimum Gasteiger partial charge on any atom is -0.444 e. The fourth-order valence-electron chi connectivity index (χ4n) is 2.58. The zero-order valence-electron chi connectivity index (χ0n) is 14.0. The standard InChI is InChI=1S/C15H24ClN5O2/c1-15(2,3)23-14(22)20(4)8-10-5-6-21(9-10)12-7-11(16)18-13(17)19-12/h7,10H,5-6,8-9H2,1-4H3,(H2,17,18,19). The molecule has 23 heavy (non-hydrogen) atoms. The van der Waals surface area contributed by atoms with Gasteiger partial charge in [-0.2, -0.15) is 4.98 Å². The van der Waals surface area contributed by atoms with Crippen LogP contribution in [0.1, 0.15) is 27.2 Å². The van der Waals surface area contributed by atoms with Crippen LogP contribution in [0.5, 0.6) is 0 Å². The molecule has 1 aromatic rings. The first-order valence-corrected chi connectivity index (χ1v) is 8.01. The molecule has 1 saturated heterocycles. The van der Waals surface area contributed by atoms with Gasteiger partial charge in [-0.3, -0.25) is 0 Å². The van der Waals surface area contributed by atoms with Crippen LogP contribution in [-0.2, 0) is 4.74 Å². The zero-order chi connectivity index (χ0) is 17.2. The Hall–Kier alpha value is -1.76. The molecule has 0 aliphatic carbocycles. The van der Waals surface area contributed by atoms with Crippen molar-refractivity contribution in [1.29, 1.82) is 0 Å². The maximum atomic E-state index is 12.0. The summed E-state index contributed by atoms with van der Waals surface area (Å²) in [4.78, 5) is 23.8. The lowest BCUT2D eigenvalue weighted by Gasteiger charge is -2.26. The van der Waals surface area contributed by atoms with Gasteiger partial charge < -0.3 is 20.3 Å². The predicted molar refractivity (Wildman–Crippen MR) is 90.6 cm³/mol. The van der Waals surface area contributed by atoms with Crippen molar-refractivity contribution in [2.24, 2.45) is 5.92 Å². The predicted octanol–water partition coefficient (Wildman–Crippen LogP) is 2.41. The van der Waals surface area contributed by atoms with Crippen molar-refractivity contribution in [1.82, 2.24) is 14.9 Å². The lowest BCUT2D eigenvalue weighted by molar-refractivity contribution is 0.0277. The third-order valence-corrected chi connectivity index (χ3v) is 3.74. The van der Waals surface area contributed by atoms with Crippen molar-refractivity contribution in [3.05, 3.63) is 11.2 Å². The molecule has 2 N–H and O–H groups in total. The molecule has 2 rings (SSSR count). The molecule has 2 heterocycles. The van der Waals surface area contributed by atoms with E-state index in [4.69, 9.17) is 22.1 Å². The number of halogens is 1. The van der Waals surface area contributed by atoms with E-state index in [-0.39, 0.29) is 12.0 Å². The van der Waals surface area contributed by atoms with E-state index in [9.17, 15) is 4.79 Å². The smallest absolute Gasteiger partial charge is 0.410 e. The van der Waals surface area contributed by atoms with Crippen molar-refractivity contribution < 1.29 is 9.53 Å². The van der Waals surface area contributed by atoms with Gasteiger partial charge in [0, 0.05) is 32.7 Å². The first kappa shape index (κ1) is 17.6. The number of anilines is 2. The Labute approximate surface area is 141 Å². The maximum Gasteiger partial charge on any atom is 0.410 e. The molecule has 1 aliphatic heterocycles. The van der Waals surface area contributed by atoms with Gasteiger partial charge in [-0.25, -0.2) is 9.78 Å². The van der Waals surface area contributed by atoms with Crippen LogP contribution in [0.3, 0.4) is 0 Å². The Morgan fingerprint density at radius 3 is 2.83 bits per heavy atom. The fraction of sp³-hybridized carbons (Fsp3) is 0.667. The number of hydrogen-bond acceptors (Lipinski definition) is 6. The fourth-order valence-corrected chi connectivity index (χ4v) is 2.76. The van der Waals surface area contributed by atoms with Crippen LogP contribution >= 0.6 is 11.6 Å². The van der Waals surface area contributed by atoms with Gasteiger partial charge in [0.1, 0.15) is 16.6 Å². The topological polar surface area (TPSA) is 84.6 Å². The van der Waals surface area contributed by atoms with Crippen LogP contribution in [0.2, 0.25) is 5.15 Å². The van der Waals surface area contributed by atoms with E-state index in [1.165, 1.54) is 0 Å². The van der Waals surface area contributed by atoms with E-state index < -0.39 is 5.60 Å². The lowest BCUT2D eigenvalue weighted by Crippen LogP contribution is -2.37. The summed E-state index contributed by atoms with van der Waals surface area (Å²) in [5.74, 6) is 1.24. The summed E-state index contributed by atoms with van der Waals surface area (Å²) in [7, 11) is 1.76. The summed E-state index contributed by atoms with van der Waals surface area (Å²) in [5, 5.41) is 0.335. The average Bonchev–Trinajstić information content (AvgIpc) is 2.84. The quantitative estimate of drug-likeness (QED) is 0.850. The maximum absolute atomic E-state index is 12.0. The minimum absolute atomic E-state index is 0.168. The highest BCUT2D eigenvalue weighted by Gasteiger charge is 2.28. The molecular formula is C15H24ClN5O2. The third kappa shape index (κ3) is 5.13. The summed E-state index contributed by atoms with van der Waals surface area (Å²) in [6.45, 7) is 7.86. The Bertz CT molecular complexity index is 555. The number of amides is 1. The number of nitrogens with zero attached hydrogens (tertiary/aromatic N) is 4. The molecule has 0 spiro atoms. The first-order chi connectivity index (χ1) is 10.6. The molecule has 0 saturated carbocycles. The summed E-state index contributed by atoms with van der Waals surface area (Å²) in [5.41, 5.74) is 5.15. The number of rotatable bonds is 3. The van der Waals surface area contributed by atoms with Gasteiger partial charge in [0.25, 0.3) is 0 Å². The van der Waals surface area contributed by atoms with E-state index in [0.29, 0.717) is 17.6 Å². The molecule has 1 aliphatic rings. The molecule has 8 heteroatoms. The summed E-state index contributed by atoms with van der Waals surface area (Å²) in [6.07, 6.45) is 0.666. The molecule has 1 unspecified atom stereocenters. The SMILES string of the molecule is CN(CC1CCN(c2cc(Cl)nc(N)n2)C1)C(=O)OC(C)(C)C. The van der Waals surface area contributed by atoms with E-state index in [1.54, 1.807) is 18.0 Å². The van der Waals surface area contributed by atoms with Crippen molar-refractivity contribution in [3.63, 3.8) is 0 Å². The number of nitrogen functional groups attached to an aromatic ring is 1. The highest BCUT2D eigenvalue weighted by Crippen LogP contribution is 2.25. The number of nitrogens with two attached hydrogens (primary N) is 1. The van der Waals surface area contributed by atoms with Crippen LogP contribution in [0, 0.1) is 5.92 Å². The molecule has 0 bridgehead atoms. The van der Waals surface area contributed by atoms with Crippen molar-refractivity contribution in [2.75, 3.05) is 37.3 Å². The van der Waals surface area contributed by atoms with Gasteiger partial charge in [0.05, 0.1) is 0 Å². The lowest BCUT2D eigenvalue weighted by atomic mass is 10.1. The number of carbonyl (C=O) groups excluding carboxylic acids is 1. The summed E-state index contributed by atoms with van der Waals surface area (Å²) >= 11 is 5.93. The van der Waals surface area contributed by atoms with Gasteiger partial charge in [-0.1, -0.05) is 11.6 Å². The van der Waals surface area contributed by atoms with Crippen LogP contribution in [0.15, 0.2) is 6.07 Å². The highest BCUT2D eigenvalue weighted by molar-refractivity contribution is 6.29. The Balaban J connectivity index is 1.91. The van der Waals surface area contributed by atoms with E-state index in [2.05, 4.69) is 14.9 Å².